The van der Waals surface area contributed by atoms with Crippen LogP contribution < -0.4 is 0 Å². The summed E-state index contributed by atoms with van der Waals surface area (Å²) in [6.45, 7) is 1.78. The van der Waals surface area contributed by atoms with Crippen LogP contribution in [0.15, 0.2) is 30.3 Å². The molecule has 0 N–H and O–H groups in total. The highest BCUT2D eigenvalue weighted by atomic mass is 79.9. The van der Waals surface area contributed by atoms with Gasteiger partial charge in [0.25, 0.3) is 5.91 Å². The molecule has 0 aromatic heterocycles. The summed E-state index contributed by atoms with van der Waals surface area (Å²) in [5, 5.41) is 0.992. The molecule has 1 fully saturated rings. The summed E-state index contributed by atoms with van der Waals surface area (Å²) < 4.78 is 0. The van der Waals surface area contributed by atoms with Crippen LogP contribution in [0.4, 0.5) is 0 Å². The normalized spacial score (nSPS) is 16.5. The zero-order valence-corrected chi connectivity index (χ0v) is 9.40. The molecule has 0 radical (unpaired) electrons. The molecule has 0 aliphatic carbocycles. The predicted molar refractivity (Wildman–Crippen MR) is 59.6 cm³/mol. The lowest BCUT2D eigenvalue weighted by Crippen LogP contribution is -2.50. The van der Waals surface area contributed by atoms with Crippen LogP contribution in [-0.4, -0.2) is 29.2 Å². The van der Waals surface area contributed by atoms with Crippen molar-refractivity contribution in [2.75, 3.05) is 18.4 Å². The third-order valence-corrected chi connectivity index (χ3v) is 3.40. The number of halogens is 1. The van der Waals surface area contributed by atoms with Crippen LogP contribution in [0, 0.1) is 5.92 Å². The van der Waals surface area contributed by atoms with Crippen LogP contribution in [0.1, 0.15) is 10.4 Å². The average Bonchev–Trinajstić information content (AvgIpc) is 2.17. The molecule has 1 aliphatic rings. The van der Waals surface area contributed by atoms with Crippen molar-refractivity contribution in [2.24, 2.45) is 5.92 Å². The van der Waals surface area contributed by atoms with Crippen molar-refractivity contribution in [3.05, 3.63) is 35.9 Å². The lowest BCUT2D eigenvalue weighted by molar-refractivity contribution is 0.0539. The van der Waals surface area contributed by atoms with Gasteiger partial charge >= 0.3 is 0 Å². The third-order valence-electron chi connectivity index (χ3n) is 2.48. The molecular formula is C11H12BrNO. The Balaban J connectivity index is 1.98. The number of likely N-dealkylation sites (tertiary alicyclic amines) is 1. The molecular weight excluding hydrogens is 242 g/mol. The lowest BCUT2D eigenvalue weighted by atomic mass is 10.0. The highest BCUT2D eigenvalue weighted by Crippen LogP contribution is 2.19. The van der Waals surface area contributed by atoms with Crippen molar-refractivity contribution in [1.29, 1.82) is 0 Å². The number of benzene rings is 1. The molecule has 2 rings (SSSR count). The second kappa shape index (κ2) is 4.13. The third kappa shape index (κ3) is 1.82. The van der Waals surface area contributed by atoms with Gasteiger partial charge in [-0.05, 0) is 12.1 Å². The van der Waals surface area contributed by atoms with Crippen LogP contribution >= 0.6 is 15.9 Å². The van der Waals surface area contributed by atoms with Gasteiger partial charge in [0.2, 0.25) is 0 Å². The second-order valence-corrected chi connectivity index (χ2v) is 4.24. The molecule has 1 saturated heterocycles. The summed E-state index contributed by atoms with van der Waals surface area (Å²) >= 11 is 3.42. The Labute approximate surface area is 92.0 Å². The first-order valence-electron chi connectivity index (χ1n) is 4.71. The van der Waals surface area contributed by atoms with E-state index in [0.717, 1.165) is 24.0 Å². The molecule has 1 aromatic rings. The van der Waals surface area contributed by atoms with Crippen molar-refractivity contribution in [3.8, 4) is 0 Å². The molecule has 14 heavy (non-hydrogen) atoms. The maximum atomic E-state index is 11.8. The van der Waals surface area contributed by atoms with Crippen LogP contribution in [0.5, 0.6) is 0 Å². The van der Waals surface area contributed by atoms with Gasteiger partial charge < -0.3 is 4.90 Å². The molecule has 0 saturated carbocycles. The monoisotopic (exact) mass is 253 g/mol. The van der Waals surface area contributed by atoms with E-state index < -0.39 is 0 Å². The average molecular weight is 254 g/mol. The number of alkyl halides is 1. The maximum absolute atomic E-state index is 11.8. The molecule has 0 unspecified atom stereocenters. The number of rotatable bonds is 2. The Morgan fingerprint density at radius 2 is 2.00 bits per heavy atom. The molecule has 74 valence electrons. The number of carbonyl (C=O) groups is 1. The van der Waals surface area contributed by atoms with Crippen LogP contribution in [0.3, 0.4) is 0 Å². The Bertz CT molecular complexity index is 319. The standard InChI is InChI=1S/C11H12BrNO/c12-6-9-7-13(8-9)11(14)10-4-2-1-3-5-10/h1-5,9H,6-8H2. The van der Waals surface area contributed by atoms with E-state index in [1.807, 2.05) is 35.2 Å². The number of nitrogens with zero attached hydrogens (tertiary/aromatic N) is 1. The zero-order valence-electron chi connectivity index (χ0n) is 7.82. The Morgan fingerprint density at radius 3 is 2.57 bits per heavy atom. The summed E-state index contributed by atoms with van der Waals surface area (Å²) in [7, 11) is 0. The fourth-order valence-electron chi connectivity index (χ4n) is 1.60. The van der Waals surface area contributed by atoms with Crippen molar-refractivity contribution >= 4 is 21.8 Å². The first-order chi connectivity index (χ1) is 6.81. The molecule has 1 aliphatic heterocycles. The molecule has 2 nitrogen and oxygen atoms in total. The molecule has 3 heteroatoms. The van der Waals surface area contributed by atoms with Gasteiger partial charge in [-0.25, -0.2) is 0 Å². The van der Waals surface area contributed by atoms with Crippen molar-refractivity contribution < 1.29 is 4.79 Å². The van der Waals surface area contributed by atoms with Crippen molar-refractivity contribution in [3.63, 3.8) is 0 Å². The fourth-order valence-corrected chi connectivity index (χ4v) is 2.01. The largest absolute Gasteiger partial charge is 0.338 e. The van der Waals surface area contributed by atoms with Crippen molar-refractivity contribution in [1.82, 2.24) is 4.90 Å². The molecule has 1 amide bonds. The van der Waals surface area contributed by atoms with Crippen LogP contribution in [0.25, 0.3) is 0 Å². The predicted octanol–water partition coefficient (Wildman–Crippen LogP) is 2.15. The summed E-state index contributed by atoms with van der Waals surface area (Å²) in [5.74, 6) is 0.797. The number of amides is 1. The van der Waals surface area contributed by atoms with Crippen molar-refractivity contribution in [2.45, 2.75) is 0 Å². The lowest BCUT2D eigenvalue weighted by Gasteiger charge is -2.38. The van der Waals surface area contributed by atoms with Gasteiger partial charge in [0.05, 0.1) is 0 Å². The maximum Gasteiger partial charge on any atom is 0.253 e. The van der Waals surface area contributed by atoms with Gasteiger partial charge in [0, 0.05) is 29.9 Å². The number of hydrogen-bond acceptors (Lipinski definition) is 1. The SMILES string of the molecule is O=C(c1ccccc1)N1CC(CBr)C1. The van der Waals surface area contributed by atoms with E-state index in [1.54, 1.807) is 0 Å². The summed E-state index contributed by atoms with van der Waals surface area (Å²) in [6.07, 6.45) is 0. The molecule has 1 heterocycles. The smallest absolute Gasteiger partial charge is 0.253 e. The van der Waals surface area contributed by atoms with E-state index >= 15 is 0 Å². The first kappa shape index (κ1) is 9.71. The van der Waals surface area contributed by atoms with E-state index in [-0.39, 0.29) is 5.91 Å². The van der Waals surface area contributed by atoms with Crippen LogP contribution in [0.2, 0.25) is 0 Å². The number of carbonyl (C=O) groups excluding carboxylic acids is 1. The van der Waals surface area contributed by atoms with E-state index in [9.17, 15) is 4.79 Å². The minimum Gasteiger partial charge on any atom is -0.338 e. The molecule has 1 aromatic carbocycles. The minimum absolute atomic E-state index is 0.155. The van der Waals surface area contributed by atoms with Gasteiger partial charge in [-0.1, -0.05) is 34.1 Å². The van der Waals surface area contributed by atoms with Gasteiger partial charge in [-0.15, -0.1) is 0 Å². The molecule has 0 atom stereocenters. The Hall–Kier alpha value is -0.830. The van der Waals surface area contributed by atoms with E-state index in [4.69, 9.17) is 0 Å². The van der Waals surface area contributed by atoms with Gasteiger partial charge in [-0.2, -0.15) is 0 Å². The number of hydrogen-bond donors (Lipinski definition) is 0. The van der Waals surface area contributed by atoms with Crippen LogP contribution in [-0.2, 0) is 0 Å². The summed E-state index contributed by atoms with van der Waals surface area (Å²) in [4.78, 5) is 13.7. The zero-order chi connectivity index (χ0) is 9.97. The molecule has 0 bridgehead atoms. The Morgan fingerprint density at radius 1 is 1.36 bits per heavy atom. The van der Waals surface area contributed by atoms with E-state index in [1.165, 1.54) is 0 Å². The van der Waals surface area contributed by atoms with E-state index in [2.05, 4.69) is 15.9 Å². The summed E-state index contributed by atoms with van der Waals surface area (Å²) in [6, 6.07) is 9.45. The first-order valence-corrected chi connectivity index (χ1v) is 5.83. The quantitative estimate of drug-likeness (QED) is 0.740. The minimum atomic E-state index is 0.155. The second-order valence-electron chi connectivity index (χ2n) is 3.60. The van der Waals surface area contributed by atoms with Gasteiger partial charge in [-0.3, -0.25) is 4.79 Å². The molecule has 0 spiro atoms. The van der Waals surface area contributed by atoms with E-state index in [0.29, 0.717) is 5.92 Å². The summed E-state index contributed by atoms with van der Waals surface area (Å²) in [5.41, 5.74) is 0.792. The van der Waals surface area contributed by atoms with Gasteiger partial charge in [0.15, 0.2) is 0 Å². The topological polar surface area (TPSA) is 20.3 Å². The Kier molecular flexibility index (Phi) is 2.87. The highest BCUT2D eigenvalue weighted by Gasteiger charge is 2.29. The van der Waals surface area contributed by atoms with Gasteiger partial charge in [0.1, 0.15) is 0 Å². The highest BCUT2D eigenvalue weighted by molar-refractivity contribution is 9.09. The fraction of sp³-hybridized carbons (Fsp3) is 0.364.